The molecule has 0 aromatic heterocycles. The van der Waals surface area contributed by atoms with Gasteiger partial charge in [-0.05, 0) is 0 Å². The molecule has 2 aromatic carbocycles. The zero-order valence-electron chi connectivity index (χ0n) is 15.3. The monoisotopic (exact) mass is 536 g/mol. The van der Waals surface area contributed by atoms with Crippen LogP contribution >= 0.6 is 0 Å². The molecule has 0 saturated carbocycles. The molecule has 2 heterocycles. The maximum atomic E-state index is 6.33. The summed E-state index contributed by atoms with van der Waals surface area (Å²) in [5.74, 6) is 3.23. The molecule has 0 unspecified atom stereocenters. The average molecular weight is 536 g/mol. The molecule has 2 aliphatic rings. The maximum absolute atomic E-state index is 6.33. The Morgan fingerprint density at radius 3 is 1.40 bits per heavy atom. The third kappa shape index (κ3) is 2.60. The van der Waals surface area contributed by atoms with Crippen molar-refractivity contribution >= 4 is 23.0 Å². The van der Waals surface area contributed by atoms with E-state index in [9.17, 15) is 0 Å². The Bertz CT molecular complexity index is 761. The summed E-state index contributed by atoms with van der Waals surface area (Å²) in [7, 11) is 0. The molecule has 0 N–H and O–H groups in total. The second-order valence-corrected chi connectivity index (χ2v) is 13.4. The van der Waals surface area contributed by atoms with Crippen LogP contribution in [-0.4, -0.2) is 23.0 Å². The van der Waals surface area contributed by atoms with Gasteiger partial charge in [-0.15, -0.1) is 0 Å². The van der Waals surface area contributed by atoms with Crippen molar-refractivity contribution in [3.63, 3.8) is 0 Å². The molecule has 0 fully saturated rings. The van der Waals surface area contributed by atoms with Crippen molar-refractivity contribution in [2.24, 2.45) is 0 Å². The van der Waals surface area contributed by atoms with Crippen LogP contribution in [0.2, 0.25) is 0 Å². The van der Waals surface area contributed by atoms with Crippen molar-refractivity contribution in [2.45, 2.75) is 53.4 Å². The van der Waals surface area contributed by atoms with Gasteiger partial charge in [-0.25, -0.2) is 0 Å². The van der Waals surface area contributed by atoms with E-state index in [1.165, 1.54) is 22.3 Å². The molecular formula is C20H24O4Pb. The van der Waals surface area contributed by atoms with Gasteiger partial charge in [0.05, 0.1) is 0 Å². The van der Waals surface area contributed by atoms with Gasteiger partial charge in [-0.1, -0.05) is 0 Å². The molecule has 25 heavy (non-hydrogen) atoms. The first-order valence-electron chi connectivity index (χ1n) is 9.20. The van der Waals surface area contributed by atoms with Crippen molar-refractivity contribution in [1.82, 2.24) is 0 Å². The molecule has 0 radical (unpaired) electrons. The Kier molecular flexibility index (Phi) is 4.34. The topological polar surface area (TPSA) is 36.9 Å². The third-order valence-corrected chi connectivity index (χ3v) is 12.2. The van der Waals surface area contributed by atoms with Gasteiger partial charge >= 0.3 is 157 Å². The van der Waals surface area contributed by atoms with Crippen molar-refractivity contribution in [1.29, 1.82) is 0 Å². The number of aryl methyl sites for hydroxylation is 2. The predicted molar refractivity (Wildman–Crippen MR) is 98.7 cm³/mol. The van der Waals surface area contributed by atoms with E-state index in [4.69, 9.17) is 10.7 Å². The Hall–Kier alpha value is -1.44. The number of fused-ring (bicyclic) bond motifs is 2. The number of benzene rings is 2. The molecule has 0 amide bonds. The van der Waals surface area contributed by atoms with Crippen LogP contribution < -0.4 is 10.7 Å². The van der Waals surface area contributed by atoms with E-state index >= 15 is 0 Å². The van der Waals surface area contributed by atoms with E-state index in [0.29, 0.717) is 0 Å². The molecule has 4 nitrogen and oxygen atoms in total. The summed E-state index contributed by atoms with van der Waals surface area (Å²) in [6.45, 7) is 8.62. The summed E-state index contributed by atoms with van der Waals surface area (Å²) in [6, 6.07) is 8.25. The summed E-state index contributed by atoms with van der Waals surface area (Å²) in [4.78, 5) is 0. The van der Waals surface area contributed by atoms with E-state index in [0.717, 1.165) is 48.7 Å². The number of hydrogen-bond acceptors (Lipinski definition) is 4. The Balaban J connectivity index is 1.72. The van der Waals surface area contributed by atoms with E-state index < -0.39 is 23.0 Å². The zero-order chi connectivity index (χ0) is 17.6. The van der Waals surface area contributed by atoms with Crippen molar-refractivity contribution < 1.29 is 10.7 Å². The summed E-state index contributed by atoms with van der Waals surface area (Å²) >= 11 is -4.27. The van der Waals surface area contributed by atoms with Gasteiger partial charge in [0, 0.05) is 0 Å². The van der Waals surface area contributed by atoms with Crippen LogP contribution in [0, 0.1) is 0 Å². The molecule has 0 bridgehead atoms. The molecule has 5 heteroatoms. The van der Waals surface area contributed by atoms with E-state index in [1.54, 1.807) is 0 Å². The SMILES string of the molecule is CCc1ccc2c(c1CC)[O][Pb]1([O]2)[O]c2ccc(CC)c(CC)c2[O]1. The molecule has 4 rings (SSSR count). The van der Waals surface area contributed by atoms with Crippen LogP contribution in [0.15, 0.2) is 24.3 Å². The Labute approximate surface area is 156 Å². The van der Waals surface area contributed by atoms with Gasteiger partial charge in [0.1, 0.15) is 0 Å². The second-order valence-electron chi connectivity index (χ2n) is 6.38. The van der Waals surface area contributed by atoms with E-state index in [2.05, 4.69) is 39.8 Å². The van der Waals surface area contributed by atoms with Gasteiger partial charge in [-0.3, -0.25) is 0 Å². The van der Waals surface area contributed by atoms with Crippen LogP contribution in [-0.2, 0) is 25.7 Å². The average Bonchev–Trinajstić information content (AvgIpc) is 3.18. The van der Waals surface area contributed by atoms with Crippen molar-refractivity contribution in [3.05, 3.63) is 46.5 Å². The van der Waals surface area contributed by atoms with Crippen LogP contribution in [0.3, 0.4) is 0 Å². The standard InChI is InChI=1S/2C10H14O2.Pb/c2*1-3-7-5-6-9(11)10(12)8(7)4-2;/h2*5-6,11-12H,3-4H2,1-2H3;/q;;+4/p-4. The number of rotatable bonds is 4. The fourth-order valence-electron chi connectivity index (χ4n) is 3.76. The Morgan fingerprint density at radius 2 is 1.04 bits per heavy atom. The second kappa shape index (κ2) is 6.38. The molecule has 0 atom stereocenters. The minimum absolute atomic E-state index is 0.775. The van der Waals surface area contributed by atoms with Crippen LogP contribution in [0.25, 0.3) is 0 Å². The summed E-state index contributed by atoms with van der Waals surface area (Å²) in [5, 5.41) is 0. The molecule has 2 aliphatic heterocycles. The molecular weight excluding hydrogens is 511 g/mol. The van der Waals surface area contributed by atoms with Gasteiger partial charge in [-0.2, -0.15) is 0 Å². The molecule has 1 spiro atoms. The molecule has 2 aromatic rings. The van der Waals surface area contributed by atoms with Gasteiger partial charge < -0.3 is 0 Å². The minimum atomic E-state index is -4.27. The molecule has 0 aliphatic carbocycles. The quantitative estimate of drug-likeness (QED) is 0.536. The molecule has 0 saturated heterocycles. The van der Waals surface area contributed by atoms with Gasteiger partial charge in [0.2, 0.25) is 0 Å². The van der Waals surface area contributed by atoms with Gasteiger partial charge in [0.15, 0.2) is 0 Å². The zero-order valence-corrected chi connectivity index (χ0v) is 19.2. The Morgan fingerprint density at radius 1 is 0.600 bits per heavy atom. The van der Waals surface area contributed by atoms with Gasteiger partial charge in [0.25, 0.3) is 0 Å². The van der Waals surface area contributed by atoms with Crippen LogP contribution in [0.5, 0.6) is 23.0 Å². The number of hydrogen-bond donors (Lipinski definition) is 0. The molecule has 132 valence electrons. The fourth-order valence-corrected chi connectivity index (χ4v) is 11.8. The van der Waals surface area contributed by atoms with Crippen LogP contribution in [0.4, 0.5) is 0 Å². The van der Waals surface area contributed by atoms with E-state index in [-0.39, 0.29) is 0 Å². The summed E-state index contributed by atoms with van der Waals surface area (Å²) in [5.41, 5.74) is 5.02. The first-order chi connectivity index (χ1) is 12.1. The first-order valence-corrected chi connectivity index (χ1v) is 15.5. The summed E-state index contributed by atoms with van der Waals surface area (Å²) in [6.07, 6.45) is 3.77. The van der Waals surface area contributed by atoms with Crippen molar-refractivity contribution in [2.75, 3.05) is 0 Å². The first kappa shape index (κ1) is 17.0. The fraction of sp³-hybridized carbons (Fsp3) is 0.400. The normalized spacial score (nSPS) is 15.8. The third-order valence-electron chi connectivity index (χ3n) is 5.04. The van der Waals surface area contributed by atoms with Crippen LogP contribution in [0.1, 0.15) is 49.9 Å². The van der Waals surface area contributed by atoms with Crippen molar-refractivity contribution in [3.8, 4) is 23.0 Å². The summed E-state index contributed by atoms with van der Waals surface area (Å²) < 4.78 is 25.1. The predicted octanol–water partition coefficient (Wildman–Crippen LogP) is 4.61. The van der Waals surface area contributed by atoms with E-state index in [1.807, 2.05) is 12.1 Å².